The summed E-state index contributed by atoms with van der Waals surface area (Å²) in [6.07, 6.45) is 0.164. The normalized spacial score (nSPS) is 21.2. The summed E-state index contributed by atoms with van der Waals surface area (Å²) in [7, 11) is 0. The third-order valence-corrected chi connectivity index (χ3v) is 6.06. The molecule has 0 radical (unpaired) electrons. The summed E-state index contributed by atoms with van der Waals surface area (Å²) in [6, 6.07) is 8.14. The molecule has 1 aliphatic heterocycles. The Bertz CT molecular complexity index is 1250. The number of nitrogens with zero attached hydrogens (tertiary/aromatic N) is 2. The summed E-state index contributed by atoms with van der Waals surface area (Å²) >= 11 is 3.38. The highest BCUT2D eigenvalue weighted by Crippen LogP contribution is 2.36. The number of carboxylic acids is 1. The fourth-order valence-corrected chi connectivity index (χ4v) is 4.03. The number of carboxylic acid groups (broad SMARTS) is 1. The van der Waals surface area contributed by atoms with Gasteiger partial charge in [-0.15, -0.1) is 0 Å². The number of esters is 2. The molecule has 0 bridgehead atoms. The third kappa shape index (κ3) is 6.64. The van der Waals surface area contributed by atoms with Gasteiger partial charge in [-0.2, -0.15) is 4.98 Å². The number of alkyl halides is 1. The minimum atomic E-state index is -1.27. The topological polar surface area (TPSA) is 163 Å². The van der Waals surface area contributed by atoms with Gasteiger partial charge in [-0.05, 0) is 18.2 Å². The molecule has 1 fully saturated rings. The number of hydrogen-bond acceptors (Lipinski definition) is 9. The number of aromatic nitrogens is 2. The molecule has 2 N–H and O–H groups in total. The lowest BCUT2D eigenvalue weighted by Gasteiger charge is -2.22. The zero-order chi connectivity index (χ0) is 26.4. The summed E-state index contributed by atoms with van der Waals surface area (Å²) in [6.45, 7) is 2.22. The van der Waals surface area contributed by atoms with Gasteiger partial charge in [0.05, 0.1) is 4.83 Å². The SMILES string of the molecule is CC(=O)OC[C@H]1O[C@@H](n2cc(C=CC(=O)O)c(NC(=O)c3ccccc3)nc2=O)[C@H](OC(C)=O)[C@H]1Br. The van der Waals surface area contributed by atoms with E-state index in [1.807, 2.05) is 0 Å². The lowest BCUT2D eigenvalue weighted by atomic mass is 10.2. The molecule has 0 unspecified atom stereocenters. The molecule has 2 heterocycles. The minimum absolute atomic E-state index is 0.0704. The summed E-state index contributed by atoms with van der Waals surface area (Å²) in [4.78, 5) is 62.9. The number of halogens is 1. The molecule has 1 aromatic carbocycles. The van der Waals surface area contributed by atoms with Crippen LogP contribution < -0.4 is 11.0 Å². The standard InChI is InChI=1S/C23H22BrN3O9/c1-12(28)34-11-16-18(24)19(35-13(2)29)22(36-16)27-10-15(8-9-17(30)31)20(26-23(27)33)25-21(32)14-6-4-3-5-7-14/h3-10,16,18-19,22H,11H2,1-2H3,(H,30,31)(H,25,26,32,33)/t16-,18+,19-,22-/m1/s1. The van der Waals surface area contributed by atoms with Gasteiger partial charge >= 0.3 is 23.6 Å². The van der Waals surface area contributed by atoms with E-state index in [-0.39, 0.29) is 18.0 Å². The molecule has 4 atom stereocenters. The van der Waals surface area contributed by atoms with Crippen LogP contribution in [0, 0.1) is 0 Å². The minimum Gasteiger partial charge on any atom is -0.478 e. The number of ether oxygens (including phenoxy) is 3. The number of carbonyl (C=O) groups is 4. The molecule has 1 aliphatic rings. The lowest BCUT2D eigenvalue weighted by molar-refractivity contribution is -0.153. The van der Waals surface area contributed by atoms with Gasteiger partial charge in [-0.3, -0.25) is 19.0 Å². The molecular formula is C23H22BrN3O9. The van der Waals surface area contributed by atoms with Crippen LogP contribution in [0.1, 0.15) is 36.0 Å². The quantitative estimate of drug-likeness (QED) is 0.274. The molecular weight excluding hydrogens is 542 g/mol. The molecule has 190 valence electrons. The number of benzene rings is 1. The second-order valence-electron chi connectivity index (χ2n) is 7.61. The molecule has 0 saturated carbocycles. The largest absolute Gasteiger partial charge is 0.478 e. The van der Waals surface area contributed by atoms with Gasteiger partial charge in [0, 0.05) is 37.2 Å². The van der Waals surface area contributed by atoms with E-state index < -0.39 is 52.8 Å². The molecule has 13 heteroatoms. The lowest BCUT2D eigenvalue weighted by Crippen LogP contribution is -2.37. The van der Waals surface area contributed by atoms with E-state index in [0.717, 1.165) is 16.7 Å². The first-order valence-corrected chi connectivity index (χ1v) is 11.5. The Balaban J connectivity index is 2.01. The summed E-state index contributed by atoms with van der Waals surface area (Å²) in [5.41, 5.74) is -0.511. The van der Waals surface area contributed by atoms with Crippen LogP contribution in [0.4, 0.5) is 5.82 Å². The van der Waals surface area contributed by atoms with Gasteiger partial charge in [0.25, 0.3) is 5.91 Å². The van der Waals surface area contributed by atoms with Gasteiger partial charge < -0.3 is 24.6 Å². The van der Waals surface area contributed by atoms with E-state index in [1.54, 1.807) is 30.3 Å². The maximum Gasteiger partial charge on any atom is 0.351 e. The van der Waals surface area contributed by atoms with E-state index in [9.17, 15) is 24.0 Å². The first-order chi connectivity index (χ1) is 17.1. The number of nitrogens with one attached hydrogen (secondary N) is 1. The van der Waals surface area contributed by atoms with Gasteiger partial charge in [0.2, 0.25) is 0 Å². The van der Waals surface area contributed by atoms with E-state index >= 15 is 0 Å². The number of rotatable bonds is 8. The first kappa shape index (κ1) is 26.8. The molecule has 0 aliphatic carbocycles. The van der Waals surface area contributed by atoms with E-state index in [0.29, 0.717) is 5.56 Å². The van der Waals surface area contributed by atoms with Crippen LogP contribution in [0.2, 0.25) is 0 Å². The average Bonchev–Trinajstić information content (AvgIpc) is 3.12. The predicted octanol–water partition coefficient (Wildman–Crippen LogP) is 1.75. The van der Waals surface area contributed by atoms with Crippen LogP contribution in [0.3, 0.4) is 0 Å². The number of anilines is 1. The number of hydrogen-bond donors (Lipinski definition) is 2. The van der Waals surface area contributed by atoms with Crippen molar-refractivity contribution in [2.24, 2.45) is 0 Å². The van der Waals surface area contributed by atoms with E-state index in [4.69, 9.17) is 19.3 Å². The Morgan fingerprint density at radius 2 is 1.89 bits per heavy atom. The van der Waals surface area contributed by atoms with Crippen molar-refractivity contribution >= 4 is 51.6 Å². The molecule has 36 heavy (non-hydrogen) atoms. The predicted molar refractivity (Wildman–Crippen MR) is 128 cm³/mol. The number of carbonyl (C=O) groups excluding carboxylic acids is 3. The van der Waals surface area contributed by atoms with Crippen LogP contribution in [0.25, 0.3) is 6.08 Å². The van der Waals surface area contributed by atoms with Crippen LogP contribution in [0.15, 0.2) is 47.4 Å². The molecule has 0 spiro atoms. The van der Waals surface area contributed by atoms with Crippen molar-refractivity contribution in [2.75, 3.05) is 11.9 Å². The zero-order valence-corrected chi connectivity index (χ0v) is 20.7. The Hall–Kier alpha value is -3.84. The Labute approximate surface area is 213 Å². The van der Waals surface area contributed by atoms with E-state index in [1.165, 1.54) is 20.0 Å². The molecule has 12 nitrogen and oxygen atoms in total. The second kappa shape index (κ2) is 11.7. The van der Waals surface area contributed by atoms with Gasteiger partial charge in [-0.25, -0.2) is 9.59 Å². The molecule has 1 amide bonds. The first-order valence-electron chi connectivity index (χ1n) is 10.6. The van der Waals surface area contributed by atoms with Crippen molar-refractivity contribution in [1.82, 2.24) is 9.55 Å². The monoisotopic (exact) mass is 563 g/mol. The molecule has 2 aromatic rings. The van der Waals surface area contributed by atoms with Crippen molar-refractivity contribution in [3.8, 4) is 0 Å². The maximum absolute atomic E-state index is 13.0. The van der Waals surface area contributed by atoms with Crippen molar-refractivity contribution in [3.05, 3.63) is 64.2 Å². The third-order valence-electron chi connectivity index (χ3n) is 4.94. The fourth-order valence-electron chi connectivity index (χ4n) is 3.39. The Morgan fingerprint density at radius 3 is 2.50 bits per heavy atom. The fraction of sp³-hybridized carbons (Fsp3) is 0.304. The van der Waals surface area contributed by atoms with Crippen LogP contribution in [0.5, 0.6) is 0 Å². The van der Waals surface area contributed by atoms with Crippen molar-refractivity contribution in [3.63, 3.8) is 0 Å². The Kier molecular flexibility index (Phi) is 8.72. The highest BCUT2D eigenvalue weighted by atomic mass is 79.9. The Morgan fingerprint density at radius 1 is 1.19 bits per heavy atom. The molecule has 1 saturated heterocycles. The van der Waals surface area contributed by atoms with Gasteiger partial charge in [0.15, 0.2) is 12.3 Å². The van der Waals surface area contributed by atoms with Crippen molar-refractivity contribution in [2.45, 2.75) is 37.1 Å². The van der Waals surface area contributed by atoms with Crippen LogP contribution in [-0.2, 0) is 28.6 Å². The van der Waals surface area contributed by atoms with Gasteiger partial charge in [-0.1, -0.05) is 34.1 Å². The smallest absolute Gasteiger partial charge is 0.351 e. The van der Waals surface area contributed by atoms with Crippen LogP contribution in [-0.4, -0.2) is 62.1 Å². The summed E-state index contributed by atoms with van der Waals surface area (Å²) in [5, 5.41) is 11.6. The number of aliphatic carboxylic acids is 1. The zero-order valence-electron chi connectivity index (χ0n) is 19.1. The summed E-state index contributed by atoms with van der Waals surface area (Å²) < 4.78 is 17.2. The second-order valence-corrected chi connectivity index (χ2v) is 8.67. The molecule has 1 aromatic heterocycles. The molecule has 3 rings (SSSR count). The van der Waals surface area contributed by atoms with Gasteiger partial charge in [0.1, 0.15) is 18.5 Å². The average molecular weight is 564 g/mol. The van der Waals surface area contributed by atoms with Crippen LogP contribution >= 0.6 is 15.9 Å². The maximum atomic E-state index is 13.0. The summed E-state index contributed by atoms with van der Waals surface area (Å²) in [5.74, 6) is -3.22. The highest BCUT2D eigenvalue weighted by molar-refractivity contribution is 9.09. The van der Waals surface area contributed by atoms with E-state index in [2.05, 4.69) is 26.2 Å². The van der Waals surface area contributed by atoms with Crippen molar-refractivity contribution in [1.29, 1.82) is 0 Å². The highest BCUT2D eigenvalue weighted by Gasteiger charge is 2.47. The number of amides is 1. The van der Waals surface area contributed by atoms with Crippen molar-refractivity contribution < 1.29 is 38.5 Å².